The van der Waals surface area contributed by atoms with Crippen molar-refractivity contribution in [2.45, 2.75) is 12.3 Å². The van der Waals surface area contributed by atoms with Gasteiger partial charge in [-0.3, -0.25) is 9.69 Å². The third kappa shape index (κ3) is 2.99. The second-order valence-electron chi connectivity index (χ2n) is 6.51. The molecule has 4 rings (SSSR count). The van der Waals surface area contributed by atoms with Crippen LogP contribution in [0.4, 0.5) is 5.69 Å². The maximum atomic E-state index is 13.1. The number of anilines is 1. The fourth-order valence-electron chi connectivity index (χ4n) is 3.74. The van der Waals surface area contributed by atoms with Gasteiger partial charge < -0.3 is 14.2 Å². The number of hydrogen-bond donors (Lipinski definition) is 0. The van der Waals surface area contributed by atoms with Crippen molar-refractivity contribution in [3.05, 3.63) is 64.3 Å². The highest BCUT2D eigenvalue weighted by atomic mass is 35.5. The van der Waals surface area contributed by atoms with Crippen LogP contribution in [0.15, 0.2) is 53.7 Å². The Balaban J connectivity index is 1.84. The molecule has 1 amide bonds. The van der Waals surface area contributed by atoms with Crippen LogP contribution >= 0.6 is 11.6 Å². The van der Waals surface area contributed by atoms with Crippen LogP contribution in [0, 0.1) is 0 Å². The van der Waals surface area contributed by atoms with E-state index in [-0.39, 0.29) is 18.9 Å². The number of ether oxygens (including phenoxy) is 3. The van der Waals surface area contributed by atoms with Crippen LogP contribution in [0.1, 0.15) is 17.9 Å². The first-order valence-corrected chi connectivity index (χ1v) is 9.12. The molecule has 0 spiro atoms. The minimum Gasteiger partial charge on any atom is -0.497 e. The Morgan fingerprint density at radius 1 is 1.11 bits per heavy atom. The maximum absolute atomic E-state index is 13.1. The summed E-state index contributed by atoms with van der Waals surface area (Å²) in [6.07, 6.45) is 0.114. The number of nitrogens with zero attached hydrogens (tertiary/aromatic N) is 1. The molecule has 144 valence electrons. The molecule has 2 heterocycles. The summed E-state index contributed by atoms with van der Waals surface area (Å²) in [4.78, 5) is 27.2. The summed E-state index contributed by atoms with van der Waals surface area (Å²) in [5.74, 6) is 0.180. The summed E-state index contributed by atoms with van der Waals surface area (Å²) in [7, 11) is 3.11. The molecule has 0 saturated heterocycles. The fourth-order valence-corrected chi connectivity index (χ4v) is 3.93. The lowest BCUT2D eigenvalue weighted by Gasteiger charge is -2.32. The minimum atomic E-state index is -0.450. The minimum absolute atomic E-state index is 0.0430. The van der Waals surface area contributed by atoms with E-state index >= 15 is 0 Å². The Labute approximate surface area is 167 Å². The molecule has 0 radical (unpaired) electrons. The van der Waals surface area contributed by atoms with Gasteiger partial charge in [0.15, 0.2) is 0 Å². The molecule has 2 aromatic carbocycles. The van der Waals surface area contributed by atoms with Crippen LogP contribution in [-0.2, 0) is 14.3 Å². The maximum Gasteiger partial charge on any atom is 0.336 e. The highest BCUT2D eigenvalue weighted by Crippen LogP contribution is 2.45. The van der Waals surface area contributed by atoms with E-state index in [0.29, 0.717) is 33.5 Å². The van der Waals surface area contributed by atoms with Crippen molar-refractivity contribution in [3.63, 3.8) is 0 Å². The summed E-state index contributed by atoms with van der Waals surface area (Å²) in [5, 5.41) is 0.511. The SMILES string of the molecule is COc1ccc([C@@H]2CC(=O)N(c3cccc(Cl)c3)C3=C2C(=O)OC3)c(OC)c1. The fraction of sp³-hybridized carbons (Fsp3) is 0.238. The van der Waals surface area contributed by atoms with E-state index in [1.54, 1.807) is 50.6 Å². The van der Waals surface area contributed by atoms with E-state index in [1.165, 1.54) is 4.90 Å². The quantitative estimate of drug-likeness (QED) is 0.733. The highest BCUT2D eigenvalue weighted by molar-refractivity contribution is 6.31. The zero-order valence-corrected chi connectivity index (χ0v) is 16.2. The lowest BCUT2D eigenvalue weighted by Crippen LogP contribution is -2.37. The molecule has 2 aliphatic rings. The van der Waals surface area contributed by atoms with Crippen LogP contribution in [-0.4, -0.2) is 32.7 Å². The molecule has 0 unspecified atom stereocenters. The molecule has 28 heavy (non-hydrogen) atoms. The first-order chi connectivity index (χ1) is 13.5. The number of halogens is 1. The summed E-state index contributed by atoms with van der Waals surface area (Å²) in [6, 6.07) is 12.3. The molecule has 6 nitrogen and oxygen atoms in total. The number of hydrogen-bond acceptors (Lipinski definition) is 5. The number of carbonyl (C=O) groups is 2. The van der Waals surface area contributed by atoms with Gasteiger partial charge in [0, 0.05) is 29.0 Å². The van der Waals surface area contributed by atoms with E-state index in [0.717, 1.165) is 5.56 Å². The van der Waals surface area contributed by atoms with Crippen molar-refractivity contribution in [3.8, 4) is 11.5 Å². The van der Waals surface area contributed by atoms with Gasteiger partial charge in [-0.05, 0) is 24.3 Å². The molecule has 0 N–H and O–H groups in total. The molecule has 2 aliphatic heterocycles. The Bertz CT molecular complexity index is 1000. The third-order valence-electron chi connectivity index (χ3n) is 5.00. The lowest BCUT2D eigenvalue weighted by atomic mass is 9.83. The Kier molecular flexibility index (Phi) is 4.73. The van der Waals surface area contributed by atoms with Crippen molar-refractivity contribution in [2.24, 2.45) is 0 Å². The zero-order chi connectivity index (χ0) is 19.8. The van der Waals surface area contributed by atoms with Crippen LogP contribution in [0.5, 0.6) is 11.5 Å². The van der Waals surface area contributed by atoms with Crippen LogP contribution in [0.2, 0.25) is 5.02 Å². The number of methoxy groups -OCH3 is 2. The molecule has 0 saturated carbocycles. The highest BCUT2D eigenvalue weighted by Gasteiger charge is 2.43. The van der Waals surface area contributed by atoms with Crippen LogP contribution in [0.25, 0.3) is 0 Å². The number of cyclic esters (lactones) is 1. The first-order valence-electron chi connectivity index (χ1n) is 8.74. The van der Waals surface area contributed by atoms with Crippen LogP contribution < -0.4 is 14.4 Å². The van der Waals surface area contributed by atoms with Gasteiger partial charge in [0.05, 0.1) is 31.2 Å². The zero-order valence-electron chi connectivity index (χ0n) is 15.4. The molecular formula is C21H18ClNO5. The van der Waals surface area contributed by atoms with Gasteiger partial charge in [-0.1, -0.05) is 23.7 Å². The average molecular weight is 400 g/mol. The summed E-state index contributed by atoms with van der Waals surface area (Å²) < 4.78 is 16.0. The van der Waals surface area contributed by atoms with Gasteiger partial charge in [0.25, 0.3) is 0 Å². The largest absolute Gasteiger partial charge is 0.497 e. The van der Waals surface area contributed by atoms with E-state index in [9.17, 15) is 9.59 Å². The molecule has 7 heteroatoms. The predicted molar refractivity (Wildman–Crippen MR) is 104 cm³/mol. The van der Waals surface area contributed by atoms with Crippen molar-refractivity contribution < 1.29 is 23.8 Å². The molecule has 1 atom stereocenters. The van der Waals surface area contributed by atoms with Gasteiger partial charge in [0.2, 0.25) is 5.91 Å². The third-order valence-corrected chi connectivity index (χ3v) is 5.23. The van der Waals surface area contributed by atoms with Gasteiger partial charge in [-0.25, -0.2) is 4.79 Å². The number of amides is 1. The lowest BCUT2D eigenvalue weighted by molar-refractivity contribution is -0.136. The molecule has 0 fully saturated rings. The van der Waals surface area contributed by atoms with Gasteiger partial charge in [-0.15, -0.1) is 0 Å². The number of esters is 1. The molecular weight excluding hydrogens is 382 g/mol. The van der Waals surface area contributed by atoms with Crippen molar-refractivity contribution in [2.75, 3.05) is 25.7 Å². The monoisotopic (exact) mass is 399 g/mol. The standard InChI is InChI=1S/C21H18ClNO5/c1-26-14-6-7-15(18(9-14)27-2)16-10-19(24)23(13-5-3-4-12(22)8-13)17-11-28-21(25)20(16)17/h3-9,16H,10-11H2,1-2H3/t16-/m0/s1. The van der Waals surface area contributed by atoms with Gasteiger partial charge in [-0.2, -0.15) is 0 Å². The van der Waals surface area contributed by atoms with E-state index in [1.807, 2.05) is 6.07 Å². The van der Waals surface area contributed by atoms with E-state index in [4.69, 9.17) is 25.8 Å². The van der Waals surface area contributed by atoms with Gasteiger partial charge in [0.1, 0.15) is 18.1 Å². The summed E-state index contributed by atoms with van der Waals surface area (Å²) >= 11 is 6.10. The summed E-state index contributed by atoms with van der Waals surface area (Å²) in [5.41, 5.74) is 2.38. The predicted octanol–water partition coefficient (Wildman–Crippen LogP) is 3.69. The number of rotatable bonds is 4. The average Bonchev–Trinajstić information content (AvgIpc) is 3.08. The Morgan fingerprint density at radius 2 is 1.93 bits per heavy atom. The molecule has 0 aliphatic carbocycles. The molecule has 2 aromatic rings. The van der Waals surface area contributed by atoms with Crippen molar-refractivity contribution >= 4 is 29.2 Å². The number of benzene rings is 2. The van der Waals surface area contributed by atoms with E-state index < -0.39 is 11.9 Å². The molecule has 0 aromatic heterocycles. The van der Waals surface area contributed by atoms with Crippen molar-refractivity contribution in [1.82, 2.24) is 0 Å². The van der Waals surface area contributed by atoms with Gasteiger partial charge >= 0.3 is 5.97 Å². The normalized spacial score (nSPS) is 18.8. The van der Waals surface area contributed by atoms with Crippen molar-refractivity contribution in [1.29, 1.82) is 0 Å². The number of carbonyl (C=O) groups excluding carboxylic acids is 2. The smallest absolute Gasteiger partial charge is 0.336 e. The summed E-state index contributed by atoms with van der Waals surface area (Å²) in [6.45, 7) is 0.0430. The Morgan fingerprint density at radius 3 is 2.64 bits per heavy atom. The second-order valence-corrected chi connectivity index (χ2v) is 6.95. The second kappa shape index (κ2) is 7.20. The Hall–Kier alpha value is -2.99. The van der Waals surface area contributed by atoms with Crippen LogP contribution in [0.3, 0.4) is 0 Å². The molecule has 0 bridgehead atoms. The first kappa shape index (κ1) is 18.4. The topological polar surface area (TPSA) is 65.1 Å². The van der Waals surface area contributed by atoms with E-state index in [2.05, 4.69) is 0 Å².